The summed E-state index contributed by atoms with van der Waals surface area (Å²) in [6.45, 7) is 28.1. The third kappa shape index (κ3) is 24.7. The van der Waals surface area contributed by atoms with Crippen LogP contribution in [0.4, 0.5) is 29.4 Å². The number of nitrogens with zero attached hydrogens (tertiary/aromatic N) is 18. The molecular formula is C101H124ClN21O12. The second-order valence-corrected chi connectivity index (χ2v) is 38.1. The Hall–Kier alpha value is -12.8. The van der Waals surface area contributed by atoms with Crippen molar-refractivity contribution >= 4 is 91.8 Å². The number of carbonyl (C=O) groups excluding carboxylic acids is 3. The van der Waals surface area contributed by atoms with E-state index in [2.05, 4.69) is 159 Å². The van der Waals surface area contributed by atoms with E-state index in [1.165, 1.54) is 16.8 Å². The first-order valence-corrected chi connectivity index (χ1v) is 46.0. The van der Waals surface area contributed by atoms with Gasteiger partial charge in [-0.05, 0) is 100 Å². The molecule has 34 heteroatoms. The maximum absolute atomic E-state index is 12.2. The lowest BCUT2D eigenvalue weighted by Crippen LogP contribution is -2.36. The summed E-state index contributed by atoms with van der Waals surface area (Å²) in [4.78, 5) is 76.3. The van der Waals surface area contributed by atoms with E-state index in [1.54, 1.807) is 99.5 Å². The van der Waals surface area contributed by atoms with E-state index in [0.717, 1.165) is 76.1 Å². The zero-order valence-electron chi connectivity index (χ0n) is 80.4. The third-order valence-electron chi connectivity index (χ3n) is 24.1. The summed E-state index contributed by atoms with van der Waals surface area (Å²) < 4.78 is 57.4. The van der Waals surface area contributed by atoms with Crippen LogP contribution in [0.2, 0.25) is 5.28 Å². The quantitative estimate of drug-likeness (QED) is 0.0291. The SMILES string of the molecule is CC(C)(C)c1cc(N)nn1C1CC(OCc2ccccc2)C1.COCCC(=O)Cc1cc(Oc2cnc3nc(Cl)n(C)c3c2C)ccn1.COCCC(=O)Cc1cc(Oc2cnc3nc(Nc4cc(C(C)(C)C)n(C5CC(O)C5)n4)n(C)c3c2C)ccn1.COCCC(=O)Cc1cc(Oc2cnc3nc(Nc4cc(C(C)(C)C)n(C5CC(OCc6ccccc6)C5)n4)n(C)c3c2C)ccn1. The minimum atomic E-state index is -0.258. The Morgan fingerprint density at radius 2 is 0.778 bits per heavy atom. The molecule has 12 aromatic heterocycles. The second-order valence-electron chi connectivity index (χ2n) is 37.8. The van der Waals surface area contributed by atoms with Gasteiger partial charge < -0.3 is 73.1 Å². The Morgan fingerprint density at radius 3 is 1.13 bits per heavy atom. The number of carbonyl (C=O) groups is 3. The lowest BCUT2D eigenvalue weighted by atomic mass is 9.86. The number of anilines is 5. The molecule has 3 aliphatic carbocycles. The Balaban J connectivity index is 0.000000150. The van der Waals surface area contributed by atoms with E-state index in [1.807, 2.05) is 98.2 Å². The molecule has 17 rings (SSSR count). The van der Waals surface area contributed by atoms with Gasteiger partial charge in [-0.2, -0.15) is 30.2 Å². The number of methoxy groups -OCH3 is 3. The zero-order chi connectivity index (χ0) is 96.2. The van der Waals surface area contributed by atoms with Gasteiger partial charge in [-0.1, -0.05) is 123 Å². The van der Waals surface area contributed by atoms with E-state index >= 15 is 0 Å². The van der Waals surface area contributed by atoms with Crippen LogP contribution in [0, 0.1) is 20.8 Å². The number of rotatable bonds is 34. The van der Waals surface area contributed by atoms with E-state index in [4.69, 9.17) is 75.4 Å². The number of Topliss-reactive ketones (excluding diaryl/α,β-unsaturated/α-hetero) is 3. The Kier molecular flexibility index (Phi) is 31.5. The number of fused-ring (bicyclic) bond motifs is 3. The van der Waals surface area contributed by atoms with E-state index in [-0.39, 0.29) is 77.1 Å². The number of aliphatic hydroxyl groups excluding tert-OH is 1. The number of hydrogen-bond donors (Lipinski definition) is 4. The molecule has 712 valence electrons. The molecule has 5 N–H and O–H groups in total. The fraction of sp³-hybridized carbons (Fsp3) is 0.436. The topological polar surface area (TPSA) is 380 Å². The van der Waals surface area contributed by atoms with Crippen molar-refractivity contribution in [2.24, 2.45) is 21.1 Å². The number of aromatic nitrogens is 18. The van der Waals surface area contributed by atoms with Gasteiger partial charge in [-0.25, -0.2) is 15.0 Å². The largest absolute Gasteiger partial charge is 0.455 e. The van der Waals surface area contributed by atoms with Crippen LogP contribution in [-0.4, -0.2) is 170 Å². The maximum atomic E-state index is 12.2. The molecule has 3 fully saturated rings. The van der Waals surface area contributed by atoms with Crippen molar-refractivity contribution in [2.45, 2.75) is 226 Å². The summed E-state index contributed by atoms with van der Waals surface area (Å²) in [5, 5.41) is 31.4. The highest BCUT2D eigenvalue weighted by molar-refractivity contribution is 6.29. The van der Waals surface area contributed by atoms with Crippen molar-refractivity contribution in [1.82, 2.24) is 87.9 Å². The molecule has 0 amide bonds. The predicted molar refractivity (Wildman–Crippen MR) is 518 cm³/mol. The number of hydrogen-bond acceptors (Lipinski definition) is 27. The number of nitrogen functional groups attached to an aromatic ring is 1. The van der Waals surface area contributed by atoms with Crippen molar-refractivity contribution in [3.63, 3.8) is 0 Å². The van der Waals surface area contributed by atoms with Crippen LogP contribution in [0.25, 0.3) is 33.5 Å². The van der Waals surface area contributed by atoms with Crippen LogP contribution in [-0.2, 0) is 108 Å². The molecule has 0 unspecified atom stereocenters. The summed E-state index contributed by atoms with van der Waals surface area (Å²) >= 11 is 6.06. The second kappa shape index (κ2) is 43.3. The van der Waals surface area contributed by atoms with Gasteiger partial charge in [-0.3, -0.25) is 43.4 Å². The number of aliphatic hydroxyl groups is 1. The van der Waals surface area contributed by atoms with Crippen molar-refractivity contribution in [1.29, 1.82) is 0 Å². The molecule has 0 saturated heterocycles. The van der Waals surface area contributed by atoms with Crippen LogP contribution in [0.15, 0.2) is 152 Å². The van der Waals surface area contributed by atoms with E-state index < -0.39 is 0 Å². The summed E-state index contributed by atoms with van der Waals surface area (Å²) in [5.41, 5.74) is 20.5. The van der Waals surface area contributed by atoms with Crippen LogP contribution in [0.3, 0.4) is 0 Å². The third-order valence-corrected chi connectivity index (χ3v) is 24.5. The summed E-state index contributed by atoms with van der Waals surface area (Å²) in [5.74, 6) is 7.03. The van der Waals surface area contributed by atoms with Crippen LogP contribution >= 0.6 is 11.6 Å². The van der Waals surface area contributed by atoms with Gasteiger partial charge in [0.25, 0.3) is 0 Å². The van der Waals surface area contributed by atoms with Crippen LogP contribution in [0.1, 0.15) is 200 Å². The first-order valence-electron chi connectivity index (χ1n) is 45.7. The van der Waals surface area contributed by atoms with E-state index in [9.17, 15) is 19.5 Å². The predicted octanol–water partition coefficient (Wildman–Crippen LogP) is 18.3. The van der Waals surface area contributed by atoms with Crippen molar-refractivity contribution < 1.29 is 57.4 Å². The molecule has 0 aliphatic heterocycles. The fourth-order valence-electron chi connectivity index (χ4n) is 16.4. The van der Waals surface area contributed by atoms with Gasteiger partial charge in [0.1, 0.15) is 40.4 Å². The molecule has 0 bridgehead atoms. The summed E-state index contributed by atoms with van der Waals surface area (Å²) in [6.07, 6.45) is 17.2. The zero-order valence-corrected chi connectivity index (χ0v) is 81.1. The molecule has 14 aromatic rings. The number of imidazole rings is 3. The average Bonchev–Trinajstić information content (AvgIpc) is 1.63. The Labute approximate surface area is 791 Å². The summed E-state index contributed by atoms with van der Waals surface area (Å²) in [7, 11) is 10.4. The minimum Gasteiger partial charge on any atom is -0.455 e. The monoisotopic (exact) mass is 1860 g/mol. The Bertz CT molecular complexity index is 6440. The van der Waals surface area contributed by atoms with E-state index in [0.29, 0.717) is 175 Å². The molecule has 0 spiro atoms. The highest BCUT2D eigenvalue weighted by Gasteiger charge is 2.39. The minimum absolute atomic E-state index is 0.0562. The molecule has 0 atom stereocenters. The standard InChI is InChI=1S/C36H43N7O4.C29H37N7O4.C18H19ClN4O3.C18H25N3O/c1-23-30(47-28-12-14-37-25(17-28)16-27(44)13-15-45-6)21-38-34-33(23)42(5)35(40-34)39-32-20-31(36(2,3)4)43(41-32)26-18-29(19-26)46-22-24-10-8-7-9-11-24;1-17-23(40-22-7-9-30-18(12-22)11-20(37)8-10-39-6)16-31-27-26(17)35(5)28(33-27)32-25-15-24(29(2,3)4)36(34-25)19-13-21(38)14-19;1-11-15(10-21-17-16(11)23(2)18(19)22-17)26-14-4-6-20-12(9-14)8-13(24)5-7-25-3;1-18(2,3)16-11-17(19)20-21(16)14-9-15(10-14)22-12-13-7-5-4-6-8-13/h7-12,14,17,20-21,26,29H,13,15-16,18-19,22H2,1-6H3,(H,38,39,40,41);7,9,12,15-16,19,21,38H,8,10-11,13-14H2,1-6H3,(H,31,32,33,34);4,6,9-10H,5,7-8H2,1-3H3;4-8,11,14-15H,9-10,12H2,1-3H3,(H2,19,20). The molecule has 3 saturated carbocycles. The normalized spacial score (nSPS) is 16.4. The number of pyridine rings is 6. The molecule has 135 heavy (non-hydrogen) atoms. The van der Waals surface area contributed by atoms with Crippen molar-refractivity contribution in [3.8, 4) is 34.5 Å². The maximum Gasteiger partial charge on any atom is 0.210 e. The number of ether oxygens (including phenoxy) is 8. The number of halogens is 1. The lowest BCUT2D eigenvalue weighted by Gasteiger charge is -2.37. The molecule has 2 aromatic carbocycles. The molecule has 12 heterocycles. The van der Waals surface area contributed by atoms with Gasteiger partial charge in [0.2, 0.25) is 17.2 Å². The average molecular weight is 1860 g/mol. The highest BCUT2D eigenvalue weighted by atomic mass is 35.5. The van der Waals surface area contributed by atoms with Crippen LogP contribution < -0.4 is 30.6 Å². The number of nitrogens with two attached hydrogens (primary N) is 1. The number of nitrogens with one attached hydrogen (secondary N) is 2. The van der Waals surface area contributed by atoms with Gasteiger partial charge in [-0.15, -0.1) is 0 Å². The molecule has 3 aliphatic rings. The number of benzene rings is 2. The van der Waals surface area contributed by atoms with Gasteiger partial charge >= 0.3 is 0 Å². The number of ketones is 3. The lowest BCUT2D eigenvalue weighted by molar-refractivity contribution is -0.120. The first-order chi connectivity index (χ1) is 64.5. The van der Waals surface area contributed by atoms with Crippen molar-refractivity contribution in [3.05, 3.63) is 220 Å². The Morgan fingerprint density at radius 1 is 0.444 bits per heavy atom. The molecule has 0 radical (unpaired) electrons. The van der Waals surface area contributed by atoms with Gasteiger partial charge in [0.15, 0.2) is 45.8 Å². The van der Waals surface area contributed by atoms with Crippen LogP contribution in [0.5, 0.6) is 34.5 Å². The molecular weight excluding hydrogens is 1730 g/mol. The van der Waals surface area contributed by atoms with Gasteiger partial charge in [0.05, 0.1) is 122 Å². The highest BCUT2D eigenvalue weighted by Crippen LogP contribution is 2.44. The number of aryl methyl sites for hydroxylation is 6. The molecule has 33 nitrogen and oxygen atoms in total. The summed E-state index contributed by atoms with van der Waals surface area (Å²) in [6, 6.07) is 38.3. The van der Waals surface area contributed by atoms with Crippen molar-refractivity contribution in [2.75, 3.05) is 57.5 Å². The van der Waals surface area contributed by atoms with Gasteiger partial charge in [0, 0.05) is 186 Å². The first kappa shape index (κ1) is 98.2. The smallest absolute Gasteiger partial charge is 0.210 e. The fourth-order valence-corrected chi connectivity index (χ4v) is 16.6.